The van der Waals surface area contributed by atoms with Crippen LogP contribution in [0.5, 0.6) is 0 Å². The fourth-order valence-electron chi connectivity index (χ4n) is 2.63. The molecule has 1 aromatic carbocycles. The molecule has 0 spiro atoms. The third-order valence-corrected chi connectivity index (χ3v) is 4.55. The van der Waals surface area contributed by atoms with E-state index in [1.165, 1.54) is 16.3 Å². The summed E-state index contributed by atoms with van der Waals surface area (Å²) in [5.74, 6) is 1.17. The summed E-state index contributed by atoms with van der Waals surface area (Å²) in [6.07, 6.45) is 4.36. The Hall–Kier alpha value is -1.68. The molecule has 0 aliphatic heterocycles. The van der Waals surface area contributed by atoms with Gasteiger partial charge in [-0.25, -0.2) is 9.97 Å². The molecule has 21 heavy (non-hydrogen) atoms. The van der Waals surface area contributed by atoms with Crippen molar-refractivity contribution in [2.45, 2.75) is 46.1 Å². The normalized spacial score (nSPS) is 11.3. The highest BCUT2D eigenvalue weighted by Crippen LogP contribution is 2.20. The van der Waals surface area contributed by atoms with Crippen LogP contribution in [0.4, 0.5) is 0 Å². The van der Waals surface area contributed by atoms with Crippen LogP contribution in [0.3, 0.4) is 0 Å². The van der Waals surface area contributed by atoms with Crippen LogP contribution >= 0.6 is 11.3 Å². The smallest absolute Gasteiger partial charge is 0.110 e. The molecule has 3 rings (SSSR count). The standard InChI is InChI=1S/C17H21N3S/c1-3-7-16-19-14-9-5-6-10-15(14)20(16)11-13-12-21-17(18-13)8-4-2/h5-6,9-10,12H,3-4,7-8,11H2,1-2H3. The van der Waals surface area contributed by atoms with E-state index in [2.05, 4.69) is 48.1 Å². The van der Waals surface area contributed by atoms with Crippen molar-refractivity contribution in [2.24, 2.45) is 0 Å². The molecule has 0 aliphatic rings. The van der Waals surface area contributed by atoms with Crippen LogP contribution in [0, 0.1) is 0 Å². The molecule has 0 radical (unpaired) electrons. The van der Waals surface area contributed by atoms with Crippen LogP contribution < -0.4 is 0 Å². The van der Waals surface area contributed by atoms with Gasteiger partial charge in [-0.3, -0.25) is 0 Å². The first-order valence-electron chi connectivity index (χ1n) is 7.69. The van der Waals surface area contributed by atoms with Gasteiger partial charge in [0.05, 0.1) is 28.3 Å². The van der Waals surface area contributed by atoms with Gasteiger partial charge in [-0.2, -0.15) is 0 Å². The minimum absolute atomic E-state index is 0.829. The van der Waals surface area contributed by atoms with Crippen molar-refractivity contribution in [3.8, 4) is 0 Å². The minimum atomic E-state index is 0.829. The van der Waals surface area contributed by atoms with E-state index in [0.29, 0.717) is 0 Å². The van der Waals surface area contributed by atoms with Crippen LogP contribution in [-0.2, 0) is 19.4 Å². The molecule has 0 saturated heterocycles. The molecule has 0 saturated carbocycles. The number of hydrogen-bond donors (Lipinski definition) is 0. The quantitative estimate of drug-likeness (QED) is 0.673. The van der Waals surface area contributed by atoms with E-state index in [-0.39, 0.29) is 0 Å². The zero-order chi connectivity index (χ0) is 14.7. The van der Waals surface area contributed by atoms with E-state index >= 15 is 0 Å². The Bertz CT molecular complexity index is 727. The predicted molar refractivity (Wildman–Crippen MR) is 88.9 cm³/mol. The lowest BCUT2D eigenvalue weighted by Gasteiger charge is -2.06. The highest BCUT2D eigenvalue weighted by atomic mass is 32.1. The van der Waals surface area contributed by atoms with Gasteiger partial charge in [-0.15, -0.1) is 11.3 Å². The highest BCUT2D eigenvalue weighted by Gasteiger charge is 2.11. The van der Waals surface area contributed by atoms with E-state index in [4.69, 9.17) is 9.97 Å². The number of aryl methyl sites for hydroxylation is 2. The first-order chi connectivity index (χ1) is 10.3. The van der Waals surface area contributed by atoms with E-state index in [1.807, 2.05) is 0 Å². The lowest BCUT2D eigenvalue weighted by Crippen LogP contribution is -2.05. The van der Waals surface area contributed by atoms with Crippen LogP contribution in [-0.4, -0.2) is 14.5 Å². The van der Waals surface area contributed by atoms with Gasteiger partial charge in [0.1, 0.15) is 5.82 Å². The summed E-state index contributed by atoms with van der Waals surface area (Å²) < 4.78 is 2.32. The van der Waals surface area contributed by atoms with E-state index in [0.717, 1.165) is 43.4 Å². The van der Waals surface area contributed by atoms with E-state index in [9.17, 15) is 0 Å². The minimum Gasteiger partial charge on any atom is -0.322 e. The Labute approximate surface area is 129 Å². The number of imidazole rings is 1. The lowest BCUT2D eigenvalue weighted by atomic mass is 10.3. The molecule has 2 aromatic heterocycles. The maximum atomic E-state index is 4.78. The Morgan fingerprint density at radius 1 is 1.05 bits per heavy atom. The van der Waals surface area contributed by atoms with E-state index < -0.39 is 0 Å². The van der Waals surface area contributed by atoms with Gasteiger partial charge in [0, 0.05) is 11.8 Å². The van der Waals surface area contributed by atoms with Crippen molar-refractivity contribution < 1.29 is 0 Å². The van der Waals surface area contributed by atoms with Crippen LogP contribution in [0.2, 0.25) is 0 Å². The van der Waals surface area contributed by atoms with Gasteiger partial charge in [-0.05, 0) is 31.4 Å². The average Bonchev–Trinajstić information content (AvgIpc) is 3.06. The second kappa shape index (κ2) is 6.39. The zero-order valence-corrected chi connectivity index (χ0v) is 13.5. The van der Waals surface area contributed by atoms with Crippen molar-refractivity contribution in [3.05, 3.63) is 46.2 Å². The fourth-order valence-corrected chi connectivity index (χ4v) is 3.52. The van der Waals surface area contributed by atoms with Gasteiger partial charge in [0.2, 0.25) is 0 Å². The summed E-state index contributed by atoms with van der Waals surface area (Å²) in [5, 5.41) is 3.43. The van der Waals surface area contributed by atoms with Crippen molar-refractivity contribution in [3.63, 3.8) is 0 Å². The molecule has 0 atom stereocenters. The highest BCUT2D eigenvalue weighted by molar-refractivity contribution is 7.09. The molecule has 0 amide bonds. The summed E-state index contributed by atoms with van der Waals surface area (Å²) >= 11 is 1.78. The molecule has 3 aromatic rings. The van der Waals surface area contributed by atoms with Crippen LogP contribution in [0.1, 0.15) is 43.2 Å². The maximum Gasteiger partial charge on any atom is 0.110 e. The lowest BCUT2D eigenvalue weighted by molar-refractivity contribution is 0.710. The average molecular weight is 299 g/mol. The van der Waals surface area contributed by atoms with Crippen molar-refractivity contribution >= 4 is 22.4 Å². The molecule has 0 unspecified atom stereocenters. The van der Waals surface area contributed by atoms with Crippen molar-refractivity contribution in [2.75, 3.05) is 0 Å². The summed E-state index contributed by atoms with van der Waals surface area (Å²) in [6.45, 7) is 5.23. The molecule has 0 aliphatic carbocycles. The summed E-state index contributed by atoms with van der Waals surface area (Å²) in [6, 6.07) is 8.38. The number of para-hydroxylation sites is 2. The third kappa shape index (κ3) is 3.00. The number of rotatable bonds is 6. The fraction of sp³-hybridized carbons (Fsp3) is 0.412. The number of fused-ring (bicyclic) bond motifs is 1. The summed E-state index contributed by atoms with van der Waals surface area (Å²) in [7, 11) is 0. The molecule has 110 valence electrons. The van der Waals surface area contributed by atoms with Gasteiger partial charge in [-0.1, -0.05) is 26.0 Å². The monoisotopic (exact) mass is 299 g/mol. The topological polar surface area (TPSA) is 30.7 Å². The Kier molecular flexibility index (Phi) is 4.34. The van der Waals surface area contributed by atoms with Crippen molar-refractivity contribution in [1.29, 1.82) is 0 Å². The SMILES string of the molecule is CCCc1nc(Cn2c(CCC)nc3ccccc32)cs1. The molecule has 3 nitrogen and oxygen atoms in total. The van der Waals surface area contributed by atoms with Gasteiger partial charge in [0.15, 0.2) is 0 Å². The molecule has 0 bridgehead atoms. The number of aromatic nitrogens is 3. The Balaban J connectivity index is 1.95. The van der Waals surface area contributed by atoms with Gasteiger partial charge in [0.25, 0.3) is 0 Å². The largest absolute Gasteiger partial charge is 0.322 e. The van der Waals surface area contributed by atoms with E-state index in [1.54, 1.807) is 11.3 Å². The second-order valence-corrected chi connectivity index (χ2v) is 6.28. The first kappa shape index (κ1) is 14.3. The third-order valence-electron chi connectivity index (χ3n) is 3.59. The predicted octanol–water partition coefficient (Wildman–Crippen LogP) is 4.45. The van der Waals surface area contributed by atoms with Crippen LogP contribution in [0.15, 0.2) is 29.6 Å². The summed E-state index contributed by atoms with van der Waals surface area (Å²) in [4.78, 5) is 9.53. The summed E-state index contributed by atoms with van der Waals surface area (Å²) in [5.41, 5.74) is 3.46. The van der Waals surface area contributed by atoms with Gasteiger partial charge >= 0.3 is 0 Å². The molecule has 2 heterocycles. The number of benzene rings is 1. The molecule has 0 N–H and O–H groups in total. The van der Waals surface area contributed by atoms with Crippen molar-refractivity contribution in [1.82, 2.24) is 14.5 Å². The molecule has 4 heteroatoms. The number of thiazole rings is 1. The maximum absolute atomic E-state index is 4.78. The number of hydrogen-bond acceptors (Lipinski definition) is 3. The second-order valence-electron chi connectivity index (χ2n) is 5.34. The van der Waals surface area contributed by atoms with Gasteiger partial charge < -0.3 is 4.57 Å². The molecular weight excluding hydrogens is 278 g/mol. The molecule has 0 fully saturated rings. The zero-order valence-electron chi connectivity index (χ0n) is 12.7. The van der Waals surface area contributed by atoms with Crippen LogP contribution in [0.25, 0.3) is 11.0 Å². The molecular formula is C17H21N3S. The number of nitrogens with zero attached hydrogens (tertiary/aromatic N) is 3. The Morgan fingerprint density at radius 2 is 1.86 bits per heavy atom. The Morgan fingerprint density at radius 3 is 2.67 bits per heavy atom. The first-order valence-corrected chi connectivity index (χ1v) is 8.57.